The molecule has 1 nitrogen and oxygen atoms in total. The van der Waals surface area contributed by atoms with Gasteiger partial charge in [-0.25, -0.2) is 0 Å². The number of hydrogen-bond acceptors (Lipinski definition) is 1. The van der Waals surface area contributed by atoms with Gasteiger partial charge in [-0.3, -0.25) is 0 Å². The van der Waals surface area contributed by atoms with Crippen molar-refractivity contribution >= 4 is 17.1 Å². The summed E-state index contributed by atoms with van der Waals surface area (Å²) >= 11 is 0. The molecule has 12 aromatic rings. The number of fused-ring (bicyclic) bond motifs is 9. The molecule has 0 bridgehead atoms. The van der Waals surface area contributed by atoms with Gasteiger partial charge in [-0.15, -0.1) is 0 Å². The molecule has 0 fully saturated rings. The van der Waals surface area contributed by atoms with Crippen LogP contribution in [0.2, 0.25) is 0 Å². The molecule has 12 aromatic carbocycles. The van der Waals surface area contributed by atoms with Gasteiger partial charge >= 0.3 is 0 Å². The summed E-state index contributed by atoms with van der Waals surface area (Å²) in [4.78, 5) is 2.60. The molecule has 0 radical (unpaired) electrons. The van der Waals surface area contributed by atoms with Gasteiger partial charge in [0.15, 0.2) is 0 Å². The van der Waals surface area contributed by atoms with Gasteiger partial charge in [0.1, 0.15) is 0 Å². The fourth-order valence-electron chi connectivity index (χ4n) is 14.4. The van der Waals surface area contributed by atoms with E-state index in [0.29, 0.717) is 0 Å². The Balaban J connectivity index is 1.04. The third-order valence-electron chi connectivity index (χ3n) is 17.5. The Kier molecular flexibility index (Phi) is 10.2. The summed E-state index contributed by atoms with van der Waals surface area (Å²) in [6.07, 6.45) is 0. The van der Waals surface area contributed by atoms with Crippen LogP contribution in [0.3, 0.4) is 0 Å². The monoisotopic (exact) mass is 979 g/mol. The summed E-state index contributed by atoms with van der Waals surface area (Å²) in [5.74, 6) is 0. The van der Waals surface area contributed by atoms with Gasteiger partial charge in [-0.2, -0.15) is 0 Å². The summed E-state index contributed by atoms with van der Waals surface area (Å²) in [5.41, 5.74) is 25.7. The maximum Gasteiger partial charge on any atom is 0.0714 e. The van der Waals surface area contributed by atoms with Crippen molar-refractivity contribution in [3.8, 4) is 44.5 Å². The van der Waals surface area contributed by atoms with Crippen LogP contribution in [0.1, 0.15) is 68.1 Å². The van der Waals surface area contributed by atoms with Crippen molar-refractivity contribution in [3.63, 3.8) is 0 Å². The molecule has 15 rings (SSSR count). The van der Waals surface area contributed by atoms with Crippen LogP contribution >= 0.6 is 0 Å². The van der Waals surface area contributed by atoms with Crippen molar-refractivity contribution in [3.05, 3.63) is 365 Å². The average Bonchev–Trinajstić information content (AvgIpc) is 4.13. The van der Waals surface area contributed by atoms with Gasteiger partial charge in [0, 0.05) is 22.2 Å². The third kappa shape index (κ3) is 6.29. The summed E-state index contributed by atoms with van der Waals surface area (Å²) < 4.78 is 0. The Bertz CT molecular complexity index is 4140. The van der Waals surface area contributed by atoms with E-state index in [-0.39, 0.29) is 0 Å². The normalized spacial score (nSPS) is 15.6. The first-order valence-corrected chi connectivity index (χ1v) is 27.0. The number of anilines is 3. The summed E-state index contributed by atoms with van der Waals surface area (Å²) in [6.45, 7) is 2.43. The smallest absolute Gasteiger partial charge is 0.0714 e. The molecule has 362 valence electrons. The van der Waals surface area contributed by atoms with Crippen LogP contribution < -0.4 is 4.90 Å². The van der Waals surface area contributed by atoms with Crippen LogP contribution in [0.15, 0.2) is 303 Å². The molecule has 0 amide bonds. The highest BCUT2D eigenvalue weighted by Crippen LogP contribution is 2.63. The molecule has 0 spiro atoms. The molecular weight excluding hydrogens is 927 g/mol. The van der Waals surface area contributed by atoms with Crippen LogP contribution in [-0.4, -0.2) is 0 Å². The van der Waals surface area contributed by atoms with Crippen LogP contribution in [0.5, 0.6) is 0 Å². The Morgan fingerprint density at radius 3 is 1.14 bits per heavy atom. The molecule has 0 heterocycles. The lowest BCUT2D eigenvalue weighted by molar-refractivity contribution is 0.714. The molecular formula is C76H53N. The lowest BCUT2D eigenvalue weighted by atomic mass is 9.67. The zero-order valence-corrected chi connectivity index (χ0v) is 42.8. The molecule has 0 saturated carbocycles. The highest BCUT2D eigenvalue weighted by molar-refractivity contribution is 6.03. The van der Waals surface area contributed by atoms with Gasteiger partial charge < -0.3 is 4.90 Å². The Hall–Kier alpha value is -9.56. The Morgan fingerprint density at radius 2 is 0.597 bits per heavy atom. The second kappa shape index (κ2) is 17.5. The predicted molar refractivity (Wildman–Crippen MR) is 319 cm³/mol. The van der Waals surface area contributed by atoms with Crippen molar-refractivity contribution in [2.24, 2.45) is 0 Å². The van der Waals surface area contributed by atoms with E-state index in [2.05, 4.69) is 315 Å². The van der Waals surface area contributed by atoms with E-state index in [0.717, 1.165) is 22.6 Å². The fourth-order valence-corrected chi connectivity index (χ4v) is 14.4. The first-order chi connectivity index (χ1) is 38.1. The summed E-state index contributed by atoms with van der Waals surface area (Å²) in [5, 5.41) is 0. The van der Waals surface area contributed by atoms with E-state index >= 15 is 0 Å². The highest BCUT2D eigenvalue weighted by atomic mass is 15.1. The van der Waals surface area contributed by atoms with Crippen LogP contribution in [0.25, 0.3) is 44.5 Å². The first-order valence-electron chi connectivity index (χ1n) is 27.0. The van der Waals surface area contributed by atoms with Crippen molar-refractivity contribution in [1.82, 2.24) is 0 Å². The van der Waals surface area contributed by atoms with E-state index in [9.17, 15) is 0 Å². The summed E-state index contributed by atoms with van der Waals surface area (Å²) in [7, 11) is 0. The quantitative estimate of drug-likeness (QED) is 0.139. The predicted octanol–water partition coefficient (Wildman–Crippen LogP) is 18.9. The topological polar surface area (TPSA) is 3.24 Å². The second-order valence-corrected chi connectivity index (χ2v) is 21.1. The molecule has 1 atom stereocenters. The molecule has 0 aliphatic heterocycles. The van der Waals surface area contributed by atoms with Gasteiger partial charge in [0.25, 0.3) is 0 Å². The van der Waals surface area contributed by atoms with E-state index < -0.39 is 16.2 Å². The number of para-hydroxylation sites is 1. The molecule has 1 heteroatoms. The van der Waals surface area contributed by atoms with Crippen LogP contribution in [0, 0.1) is 0 Å². The minimum absolute atomic E-state index is 0.405. The minimum Gasteiger partial charge on any atom is -0.309 e. The number of hydrogen-bond donors (Lipinski definition) is 0. The molecule has 0 saturated heterocycles. The standard InChI is InChI=1S/C76H53N/c1-74(52-27-7-2-8-28-52)64-42-21-17-37-58(64)59-50-49-57(51-69(59)74)77(71-48-26-46-68-73(71)63-40-19-23-44-66(63)76(68,55-33-13-5-14-34-55)56-35-15-6-16-36-56)70-47-24-20-38-60(70)61-41-25-45-67-72(61)62-39-18-22-43-65(62)75(67,53-29-9-3-10-30-53)54-31-11-4-12-32-54/h2-51H,1H3. The van der Waals surface area contributed by atoms with E-state index in [4.69, 9.17) is 0 Å². The largest absolute Gasteiger partial charge is 0.309 e. The van der Waals surface area contributed by atoms with Crippen molar-refractivity contribution in [2.75, 3.05) is 4.90 Å². The van der Waals surface area contributed by atoms with Crippen LogP contribution in [-0.2, 0) is 16.2 Å². The van der Waals surface area contributed by atoms with Gasteiger partial charge in [0.05, 0.1) is 22.2 Å². The van der Waals surface area contributed by atoms with Crippen molar-refractivity contribution in [2.45, 2.75) is 23.2 Å². The van der Waals surface area contributed by atoms with Gasteiger partial charge in [-0.1, -0.05) is 279 Å². The molecule has 77 heavy (non-hydrogen) atoms. The molecule has 3 aliphatic carbocycles. The zero-order valence-electron chi connectivity index (χ0n) is 42.8. The number of nitrogens with zero attached hydrogens (tertiary/aromatic N) is 1. The fraction of sp³-hybridized carbons (Fsp3) is 0.0526. The Labute approximate surface area is 451 Å². The highest BCUT2D eigenvalue weighted by Gasteiger charge is 2.49. The maximum absolute atomic E-state index is 2.60. The lowest BCUT2D eigenvalue weighted by Gasteiger charge is -2.35. The van der Waals surface area contributed by atoms with Crippen molar-refractivity contribution < 1.29 is 0 Å². The SMILES string of the molecule is CC1(c2ccccc2)c2ccccc2-c2ccc(N(c3ccccc3-c3cccc4c3-c3ccccc3C4(c3ccccc3)c3ccccc3)c3cccc4c3-c3ccccc3C4(c3ccccc3)c3ccccc3)cc21. The minimum atomic E-state index is -0.580. The number of rotatable bonds is 9. The van der Waals surface area contributed by atoms with Crippen molar-refractivity contribution in [1.29, 1.82) is 0 Å². The average molecular weight is 980 g/mol. The number of benzene rings is 12. The second-order valence-electron chi connectivity index (χ2n) is 21.1. The van der Waals surface area contributed by atoms with E-state index in [1.54, 1.807) is 0 Å². The van der Waals surface area contributed by atoms with Gasteiger partial charge in [0.2, 0.25) is 0 Å². The molecule has 3 aliphatic rings. The van der Waals surface area contributed by atoms with Crippen LogP contribution in [0.4, 0.5) is 17.1 Å². The third-order valence-corrected chi connectivity index (χ3v) is 17.5. The maximum atomic E-state index is 2.60. The molecule has 1 unspecified atom stereocenters. The Morgan fingerprint density at radius 1 is 0.234 bits per heavy atom. The first kappa shape index (κ1) is 44.9. The molecule has 0 aromatic heterocycles. The van der Waals surface area contributed by atoms with E-state index in [1.165, 1.54) is 100 Å². The van der Waals surface area contributed by atoms with Gasteiger partial charge in [-0.05, 0) is 126 Å². The zero-order chi connectivity index (χ0) is 51.1. The molecule has 0 N–H and O–H groups in total. The van der Waals surface area contributed by atoms with E-state index in [1.807, 2.05) is 0 Å². The lowest BCUT2D eigenvalue weighted by Crippen LogP contribution is -2.28. The summed E-state index contributed by atoms with van der Waals surface area (Å²) in [6, 6.07) is 114.